The molecule has 3 aliphatic rings. The Kier molecular flexibility index (Phi) is 5.32. The summed E-state index contributed by atoms with van der Waals surface area (Å²) in [4.78, 5) is 37.2. The van der Waals surface area contributed by atoms with Gasteiger partial charge in [0, 0.05) is 32.4 Å². The molecule has 5 rings (SSSR count). The summed E-state index contributed by atoms with van der Waals surface area (Å²) in [6.45, 7) is 3.44. The number of benzene rings is 1. The highest BCUT2D eigenvalue weighted by Crippen LogP contribution is 2.45. The third-order valence-electron chi connectivity index (χ3n) is 6.69. The zero-order valence-electron chi connectivity index (χ0n) is 17.4. The van der Waals surface area contributed by atoms with Gasteiger partial charge in [0.05, 0.1) is 22.9 Å². The Bertz CT molecular complexity index is 982. The molecule has 8 heteroatoms. The number of rotatable bonds is 3. The number of carbonyl (C=O) groups is 2. The monoisotopic (exact) mass is 439 g/mol. The van der Waals surface area contributed by atoms with E-state index in [-0.39, 0.29) is 11.8 Å². The van der Waals surface area contributed by atoms with Crippen LogP contribution >= 0.6 is 11.6 Å². The maximum Gasteiger partial charge on any atom is 0.250 e. The Morgan fingerprint density at radius 2 is 1.81 bits per heavy atom. The first-order chi connectivity index (χ1) is 15.1. The minimum absolute atomic E-state index is 0.00210. The van der Waals surface area contributed by atoms with Crippen molar-refractivity contribution in [2.24, 2.45) is 0 Å². The number of hydrogen-bond donors (Lipinski definition) is 1. The molecular weight excluding hydrogens is 414 g/mol. The van der Waals surface area contributed by atoms with Crippen LogP contribution in [0.2, 0.25) is 5.02 Å². The lowest BCUT2D eigenvalue weighted by atomic mass is 9.89. The van der Waals surface area contributed by atoms with Crippen molar-refractivity contribution in [1.82, 2.24) is 9.88 Å². The van der Waals surface area contributed by atoms with Crippen LogP contribution in [-0.4, -0.2) is 60.0 Å². The Morgan fingerprint density at radius 3 is 2.52 bits per heavy atom. The average Bonchev–Trinajstić information content (AvgIpc) is 3.26. The van der Waals surface area contributed by atoms with Crippen molar-refractivity contribution in [2.75, 3.05) is 47.8 Å². The molecule has 1 aliphatic carbocycles. The van der Waals surface area contributed by atoms with E-state index in [1.165, 1.54) is 0 Å². The fourth-order valence-corrected chi connectivity index (χ4v) is 5.19. The summed E-state index contributed by atoms with van der Waals surface area (Å²) < 4.78 is 0. The van der Waals surface area contributed by atoms with Crippen molar-refractivity contribution in [3.63, 3.8) is 0 Å². The van der Waals surface area contributed by atoms with Crippen molar-refractivity contribution >= 4 is 40.6 Å². The van der Waals surface area contributed by atoms with Gasteiger partial charge in [0.15, 0.2) is 0 Å². The molecule has 3 heterocycles. The zero-order chi connectivity index (χ0) is 21.4. The Labute approximate surface area is 187 Å². The van der Waals surface area contributed by atoms with Crippen LogP contribution in [0.3, 0.4) is 0 Å². The molecular formula is C23H26ClN5O2. The van der Waals surface area contributed by atoms with Crippen molar-refractivity contribution in [3.8, 4) is 0 Å². The van der Waals surface area contributed by atoms with Crippen molar-refractivity contribution in [3.05, 3.63) is 47.6 Å². The lowest BCUT2D eigenvalue weighted by Crippen LogP contribution is -2.62. The van der Waals surface area contributed by atoms with E-state index < -0.39 is 5.54 Å². The first-order valence-electron chi connectivity index (χ1n) is 10.9. The molecule has 2 amide bonds. The topological polar surface area (TPSA) is 68.8 Å². The molecule has 0 atom stereocenters. The molecule has 0 bridgehead atoms. The minimum atomic E-state index is -0.750. The summed E-state index contributed by atoms with van der Waals surface area (Å²) in [5, 5.41) is 3.66. The summed E-state index contributed by atoms with van der Waals surface area (Å²) >= 11 is 5.94. The van der Waals surface area contributed by atoms with E-state index in [9.17, 15) is 9.59 Å². The summed E-state index contributed by atoms with van der Waals surface area (Å²) in [6.07, 6.45) is 5.02. The van der Waals surface area contributed by atoms with Gasteiger partial charge in [-0.3, -0.25) is 19.4 Å². The van der Waals surface area contributed by atoms with Crippen molar-refractivity contribution in [2.45, 2.75) is 31.2 Å². The van der Waals surface area contributed by atoms with Gasteiger partial charge in [0.2, 0.25) is 5.91 Å². The van der Waals surface area contributed by atoms with Crippen LogP contribution in [0.25, 0.3) is 0 Å². The first-order valence-corrected chi connectivity index (χ1v) is 11.3. The van der Waals surface area contributed by atoms with Crippen LogP contribution < -0.4 is 15.1 Å². The number of hydrogen-bond acceptors (Lipinski definition) is 5. The molecule has 1 N–H and O–H groups in total. The van der Waals surface area contributed by atoms with E-state index in [2.05, 4.69) is 20.1 Å². The van der Waals surface area contributed by atoms with Crippen LogP contribution in [0, 0.1) is 0 Å². The molecule has 0 unspecified atom stereocenters. The highest BCUT2D eigenvalue weighted by molar-refractivity contribution is 6.30. The standard InChI is InChI=1S/C23H26ClN5O2/c24-17-7-8-20(25-15-17)28-13-11-27(12-14-28)16-21(30)29-19-6-2-1-5-18(19)26-22(31)23(29)9-3-4-10-23/h1-2,5-8,15H,3-4,9-14,16H2,(H,26,31). The third kappa shape index (κ3) is 3.66. The van der Waals surface area contributed by atoms with Gasteiger partial charge in [0.25, 0.3) is 5.91 Å². The fraction of sp³-hybridized carbons (Fsp3) is 0.435. The summed E-state index contributed by atoms with van der Waals surface area (Å²) in [7, 11) is 0. The molecule has 7 nitrogen and oxygen atoms in total. The quantitative estimate of drug-likeness (QED) is 0.795. The predicted octanol–water partition coefficient (Wildman–Crippen LogP) is 3.16. The first kappa shape index (κ1) is 20.3. The number of carbonyl (C=O) groups excluding carboxylic acids is 2. The van der Waals surface area contributed by atoms with Crippen LogP contribution in [0.4, 0.5) is 17.2 Å². The molecule has 1 aromatic heterocycles. The van der Waals surface area contributed by atoms with Gasteiger partial charge in [-0.2, -0.15) is 0 Å². The Balaban J connectivity index is 1.31. The van der Waals surface area contributed by atoms with Crippen molar-refractivity contribution < 1.29 is 9.59 Å². The van der Waals surface area contributed by atoms with Gasteiger partial charge in [-0.25, -0.2) is 4.98 Å². The van der Waals surface area contributed by atoms with Gasteiger partial charge in [-0.05, 0) is 37.1 Å². The van der Waals surface area contributed by atoms with E-state index >= 15 is 0 Å². The number of amides is 2. The van der Waals surface area contributed by atoms with Crippen LogP contribution in [0.1, 0.15) is 25.7 Å². The highest BCUT2D eigenvalue weighted by atomic mass is 35.5. The molecule has 31 heavy (non-hydrogen) atoms. The number of fused-ring (bicyclic) bond motifs is 1. The van der Waals surface area contributed by atoms with Gasteiger partial charge in [-0.1, -0.05) is 36.6 Å². The van der Waals surface area contributed by atoms with E-state index in [1.54, 1.807) is 11.1 Å². The summed E-state index contributed by atoms with van der Waals surface area (Å²) in [6, 6.07) is 11.4. The molecule has 0 radical (unpaired) electrons. The van der Waals surface area contributed by atoms with Crippen LogP contribution in [-0.2, 0) is 9.59 Å². The number of para-hydroxylation sites is 2. The highest BCUT2D eigenvalue weighted by Gasteiger charge is 2.52. The second-order valence-electron chi connectivity index (χ2n) is 8.54. The molecule has 1 saturated heterocycles. The lowest BCUT2D eigenvalue weighted by molar-refractivity contribution is -0.128. The second-order valence-corrected chi connectivity index (χ2v) is 8.97. The smallest absolute Gasteiger partial charge is 0.250 e. The molecule has 1 saturated carbocycles. The normalized spacial score (nSPS) is 20.6. The third-order valence-corrected chi connectivity index (χ3v) is 6.91. The average molecular weight is 440 g/mol. The number of nitrogens with zero attached hydrogens (tertiary/aromatic N) is 4. The Morgan fingerprint density at radius 1 is 1.06 bits per heavy atom. The van der Waals surface area contributed by atoms with E-state index in [1.807, 2.05) is 36.4 Å². The number of anilines is 3. The van der Waals surface area contributed by atoms with Gasteiger partial charge in [0.1, 0.15) is 11.4 Å². The maximum atomic E-state index is 13.6. The zero-order valence-corrected chi connectivity index (χ0v) is 18.1. The SMILES string of the molecule is O=C(CN1CCN(c2ccc(Cl)cn2)CC1)N1c2ccccc2NC(=O)C12CCCC2. The van der Waals surface area contributed by atoms with Gasteiger partial charge in [-0.15, -0.1) is 0 Å². The number of aromatic nitrogens is 1. The number of nitrogens with one attached hydrogen (secondary N) is 1. The van der Waals surface area contributed by atoms with Gasteiger partial charge < -0.3 is 10.2 Å². The second kappa shape index (κ2) is 8.13. The Hall–Kier alpha value is -2.64. The fourth-order valence-electron chi connectivity index (χ4n) is 5.08. The molecule has 2 aliphatic heterocycles. The van der Waals surface area contributed by atoms with E-state index in [4.69, 9.17) is 11.6 Å². The number of piperazine rings is 1. The molecule has 1 spiro atoms. The van der Waals surface area contributed by atoms with Gasteiger partial charge >= 0.3 is 0 Å². The van der Waals surface area contributed by atoms with E-state index in [0.29, 0.717) is 11.6 Å². The van der Waals surface area contributed by atoms with E-state index in [0.717, 1.165) is 69.1 Å². The summed E-state index contributed by atoms with van der Waals surface area (Å²) in [5.74, 6) is 0.861. The maximum absolute atomic E-state index is 13.6. The largest absolute Gasteiger partial charge is 0.354 e. The predicted molar refractivity (Wildman–Crippen MR) is 122 cm³/mol. The molecule has 162 valence electrons. The summed E-state index contributed by atoms with van der Waals surface area (Å²) in [5.41, 5.74) is 0.788. The van der Waals surface area contributed by atoms with Crippen molar-refractivity contribution in [1.29, 1.82) is 0 Å². The molecule has 1 aromatic carbocycles. The lowest BCUT2D eigenvalue weighted by Gasteiger charge is -2.45. The molecule has 2 aromatic rings. The number of pyridine rings is 1. The minimum Gasteiger partial charge on any atom is -0.354 e. The van der Waals surface area contributed by atoms with Crippen LogP contribution in [0.15, 0.2) is 42.6 Å². The molecule has 2 fully saturated rings. The van der Waals surface area contributed by atoms with Crippen LogP contribution in [0.5, 0.6) is 0 Å². The number of halogens is 1.